The van der Waals surface area contributed by atoms with Gasteiger partial charge in [-0.25, -0.2) is 0 Å². The van der Waals surface area contributed by atoms with Crippen molar-refractivity contribution in [2.45, 2.75) is 6.92 Å². The van der Waals surface area contributed by atoms with Gasteiger partial charge in [0.15, 0.2) is 0 Å². The second-order valence-corrected chi connectivity index (χ2v) is 4.57. The monoisotopic (exact) mass is 276 g/mol. The number of hydrogen-bond donors (Lipinski definition) is 3. The molecule has 0 fully saturated rings. The van der Waals surface area contributed by atoms with Crippen LogP contribution in [0.5, 0.6) is 5.75 Å². The molecule has 0 heterocycles. The van der Waals surface area contributed by atoms with Crippen LogP contribution in [0.3, 0.4) is 0 Å². The zero-order valence-corrected chi connectivity index (χ0v) is 11.0. The molecule has 0 radical (unpaired) electrons. The highest BCUT2D eigenvalue weighted by Crippen LogP contribution is 2.25. The molecule has 0 unspecified atom stereocenters. The number of rotatable bonds is 2. The van der Waals surface area contributed by atoms with Crippen LogP contribution < -0.4 is 11.1 Å². The first-order chi connectivity index (χ1) is 8.99. The Morgan fingerprint density at radius 2 is 2.05 bits per heavy atom. The van der Waals surface area contributed by atoms with Gasteiger partial charge in [0.2, 0.25) is 0 Å². The summed E-state index contributed by atoms with van der Waals surface area (Å²) in [5.41, 5.74) is 7.85. The van der Waals surface area contributed by atoms with Gasteiger partial charge in [-0.15, -0.1) is 0 Å². The number of phenolic OH excluding ortho intramolecular Hbond substituents is 1. The number of anilines is 2. The molecule has 19 heavy (non-hydrogen) atoms. The molecule has 4 N–H and O–H groups in total. The number of hydrogen-bond acceptors (Lipinski definition) is 3. The third-order valence-electron chi connectivity index (χ3n) is 2.83. The summed E-state index contributed by atoms with van der Waals surface area (Å²) in [6, 6.07) is 9.54. The largest absolute Gasteiger partial charge is 0.507 e. The predicted molar refractivity (Wildman–Crippen MR) is 76.7 cm³/mol. The number of nitrogens with two attached hydrogens (primary N) is 1. The Balaban J connectivity index is 2.31. The molecule has 1 amide bonds. The Morgan fingerprint density at radius 1 is 1.32 bits per heavy atom. The van der Waals surface area contributed by atoms with Crippen molar-refractivity contribution in [3.63, 3.8) is 0 Å². The molecule has 0 aliphatic heterocycles. The molecule has 0 aromatic heterocycles. The van der Waals surface area contributed by atoms with Gasteiger partial charge in [-0.05, 0) is 42.8 Å². The first-order valence-corrected chi connectivity index (χ1v) is 6.02. The molecule has 0 aliphatic rings. The molecule has 2 rings (SSSR count). The fourth-order valence-electron chi connectivity index (χ4n) is 1.67. The number of carbonyl (C=O) groups is 1. The number of halogens is 1. The minimum Gasteiger partial charge on any atom is -0.507 e. The van der Waals surface area contributed by atoms with Crippen molar-refractivity contribution in [3.8, 4) is 5.75 Å². The van der Waals surface area contributed by atoms with Crippen molar-refractivity contribution in [1.82, 2.24) is 0 Å². The predicted octanol–water partition coefficient (Wildman–Crippen LogP) is 3.19. The van der Waals surface area contributed by atoms with Crippen molar-refractivity contribution in [3.05, 3.63) is 52.5 Å². The Hall–Kier alpha value is -2.20. The van der Waals surface area contributed by atoms with E-state index in [4.69, 9.17) is 17.3 Å². The summed E-state index contributed by atoms with van der Waals surface area (Å²) in [5, 5.41) is 12.7. The van der Waals surface area contributed by atoms with E-state index in [-0.39, 0.29) is 11.3 Å². The third kappa shape index (κ3) is 2.80. The van der Waals surface area contributed by atoms with Crippen molar-refractivity contribution in [2.24, 2.45) is 0 Å². The first-order valence-electron chi connectivity index (χ1n) is 5.64. The molecule has 0 saturated heterocycles. The molecule has 0 atom stereocenters. The molecule has 2 aromatic carbocycles. The Morgan fingerprint density at radius 3 is 2.79 bits per heavy atom. The van der Waals surface area contributed by atoms with Gasteiger partial charge in [-0.3, -0.25) is 4.79 Å². The van der Waals surface area contributed by atoms with Crippen LogP contribution in [-0.2, 0) is 0 Å². The van der Waals surface area contributed by atoms with Gasteiger partial charge >= 0.3 is 0 Å². The van der Waals surface area contributed by atoms with E-state index in [0.29, 0.717) is 16.4 Å². The first kappa shape index (κ1) is 13.2. The van der Waals surface area contributed by atoms with E-state index in [0.717, 1.165) is 5.56 Å². The van der Waals surface area contributed by atoms with Crippen molar-refractivity contribution in [2.75, 3.05) is 11.1 Å². The van der Waals surface area contributed by atoms with E-state index in [2.05, 4.69) is 5.32 Å². The molecular weight excluding hydrogens is 264 g/mol. The lowest BCUT2D eigenvalue weighted by Gasteiger charge is -2.11. The average molecular weight is 277 g/mol. The number of benzene rings is 2. The van der Waals surface area contributed by atoms with Crippen LogP contribution in [0.25, 0.3) is 0 Å². The number of nitrogen functional groups attached to an aromatic ring is 1. The zero-order chi connectivity index (χ0) is 14.0. The summed E-state index contributed by atoms with van der Waals surface area (Å²) in [6.07, 6.45) is 0. The van der Waals surface area contributed by atoms with Crippen LogP contribution in [0.2, 0.25) is 5.02 Å². The maximum absolute atomic E-state index is 12.1. The summed E-state index contributed by atoms with van der Waals surface area (Å²) >= 11 is 5.81. The molecule has 98 valence electrons. The number of phenols is 1. The maximum atomic E-state index is 12.1. The third-order valence-corrected chi connectivity index (χ3v) is 3.06. The highest BCUT2D eigenvalue weighted by atomic mass is 35.5. The normalized spacial score (nSPS) is 10.2. The molecule has 2 aromatic rings. The van der Waals surface area contributed by atoms with E-state index in [9.17, 15) is 9.90 Å². The van der Waals surface area contributed by atoms with Crippen LogP contribution in [0.4, 0.5) is 11.4 Å². The Kier molecular flexibility index (Phi) is 3.62. The van der Waals surface area contributed by atoms with Crippen molar-refractivity contribution < 1.29 is 9.90 Å². The fraction of sp³-hybridized carbons (Fsp3) is 0.0714. The van der Waals surface area contributed by atoms with Crippen LogP contribution >= 0.6 is 11.6 Å². The number of nitrogens with one attached hydrogen (secondary N) is 1. The second kappa shape index (κ2) is 5.20. The zero-order valence-electron chi connectivity index (χ0n) is 10.3. The second-order valence-electron chi connectivity index (χ2n) is 4.14. The standard InChI is InChI=1S/C14H13ClN2O2/c1-8-11(16)3-2-4-12(8)17-14(19)10-7-9(15)5-6-13(10)18/h2-7,18H,16H2,1H3,(H,17,19). The number of carbonyl (C=O) groups excluding carboxylic acids is 1. The highest BCUT2D eigenvalue weighted by Gasteiger charge is 2.13. The fourth-order valence-corrected chi connectivity index (χ4v) is 1.84. The quantitative estimate of drug-likeness (QED) is 0.737. The van der Waals surface area contributed by atoms with Gasteiger partial charge in [-0.1, -0.05) is 17.7 Å². The molecule has 0 spiro atoms. The van der Waals surface area contributed by atoms with Gasteiger partial charge in [0, 0.05) is 16.4 Å². The van der Waals surface area contributed by atoms with Gasteiger partial charge < -0.3 is 16.2 Å². The molecule has 0 bridgehead atoms. The lowest BCUT2D eigenvalue weighted by molar-refractivity contribution is 0.102. The highest BCUT2D eigenvalue weighted by molar-refractivity contribution is 6.31. The summed E-state index contributed by atoms with van der Waals surface area (Å²) in [6.45, 7) is 1.81. The van der Waals surface area contributed by atoms with Gasteiger partial charge in [0.25, 0.3) is 5.91 Å². The van der Waals surface area contributed by atoms with E-state index in [1.165, 1.54) is 18.2 Å². The van der Waals surface area contributed by atoms with Crippen LogP contribution in [0.15, 0.2) is 36.4 Å². The van der Waals surface area contributed by atoms with Crippen LogP contribution in [0.1, 0.15) is 15.9 Å². The summed E-state index contributed by atoms with van der Waals surface area (Å²) in [7, 11) is 0. The van der Waals surface area contributed by atoms with Gasteiger partial charge in [-0.2, -0.15) is 0 Å². The molecule has 0 saturated carbocycles. The topological polar surface area (TPSA) is 75.3 Å². The molecule has 5 heteroatoms. The smallest absolute Gasteiger partial charge is 0.259 e. The molecule has 4 nitrogen and oxygen atoms in total. The molecule has 0 aliphatic carbocycles. The van der Waals surface area contributed by atoms with Crippen molar-refractivity contribution in [1.29, 1.82) is 0 Å². The minimum atomic E-state index is -0.436. The van der Waals surface area contributed by atoms with E-state index >= 15 is 0 Å². The summed E-state index contributed by atoms with van der Waals surface area (Å²) < 4.78 is 0. The van der Waals surface area contributed by atoms with Crippen molar-refractivity contribution >= 4 is 28.9 Å². The Labute approximate surface area is 115 Å². The van der Waals surface area contributed by atoms with Crippen LogP contribution in [0, 0.1) is 6.92 Å². The molecular formula is C14H13ClN2O2. The lowest BCUT2D eigenvalue weighted by Crippen LogP contribution is -2.13. The van der Waals surface area contributed by atoms with Crippen LogP contribution in [-0.4, -0.2) is 11.0 Å². The minimum absolute atomic E-state index is 0.120. The summed E-state index contributed by atoms with van der Waals surface area (Å²) in [5.74, 6) is -0.558. The number of amides is 1. The summed E-state index contributed by atoms with van der Waals surface area (Å²) in [4.78, 5) is 12.1. The average Bonchev–Trinajstić information content (AvgIpc) is 2.38. The van der Waals surface area contributed by atoms with Gasteiger partial charge in [0.1, 0.15) is 5.75 Å². The Bertz CT molecular complexity index is 641. The van der Waals surface area contributed by atoms with E-state index < -0.39 is 5.91 Å². The lowest BCUT2D eigenvalue weighted by atomic mass is 10.1. The van der Waals surface area contributed by atoms with Gasteiger partial charge in [0.05, 0.1) is 5.56 Å². The maximum Gasteiger partial charge on any atom is 0.259 e. The van der Waals surface area contributed by atoms with E-state index in [1.54, 1.807) is 18.2 Å². The van der Waals surface area contributed by atoms with E-state index in [1.807, 2.05) is 6.92 Å². The number of aromatic hydroxyl groups is 1. The SMILES string of the molecule is Cc1c(N)cccc1NC(=O)c1cc(Cl)ccc1O.